The van der Waals surface area contributed by atoms with Crippen molar-refractivity contribution in [2.24, 2.45) is 0 Å². The number of nitrogens with one attached hydrogen (secondary N) is 1. The zero-order valence-corrected chi connectivity index (χ0v) is 19.3. The van der Waals surface area contributed by atoms with E-state index >= 15 is 0 Å². The molecule has 36 heavy (non-hydrogen) atoms. The molecule has 4 aromatic rings. The molecule has 1 aliphatic heterocycles. The number of thiocarbonyl (C=S) groups is 1. The van der Waals surface area contributed by atoms with Gasteiger partial charge in [0.05, 0.1) is 28.6 Å². The quantitative estimate of drug-likeness (QED) is 0.277. The Morgan fingerprint density at radius 2 is 1.64 bits per heavy atom. The number of aromatic carboxylic acids is 2. The molecule has 0 aliphatic carbocycles. The molecule has 2 atom stereocenters. The maximum absolute atomic E-state index is 11.6. The molecule has 5 rings (SSSR count). The molecule has 0 amide bonds. The largest absolute Gasteiger partial charge is 0.506 e. The number of phenols is 1. The number of aromatic nitrogens is 1. The Balaban J connectivity index is 1.63. The van der Waals surface area contributed by atoms with Crippen LogP contribution in [0.3, 0.4) is 0 Å². The van der Waals surface area contributed by atoms with Gasteiger partial charge in [-0.25, -0.2) is 9.59 Å². The van der Waals surface area contributed by atoms with Crippen molar-refractivity contribution in [2.45, 2.75) is 12.1 Å². The highest BCUT2D eigenvalue weighted by atomic mass is 32.1. The fraction of sp³-hybridized carbons (Fsp3) is 0.0769. The number of hydrogen-bond donors (Lipinski definition) is 4. The highest BCUT2D eigenvalue weighted by molar-refractivity contribution is 7.80. The fourth-order valence-electron chi connectivity index (χ4n) is 4.25. The lowest BCUT2D eigenvalue weighted by atomic mass is 10.0. The van der Waals surface area contributed by atoms with Gasteiger partial charge in [-0.1, -0.05) is 18.2 Å². The summed E-state index contributed by atoms with van der Waals surface area (Å²) in [7, 11) is 0. The Labute approximate surface area is 210 Å². The molecule has 9 nitrogen and oxygen atoms in total. The van der Waals surface area contributed by atoms with Gasteiger partial charge in [-0.3, -0.25) is 4.98 Å². The van der Waals surface area contributed by atoms with Crippen molar-refractivity contribution >= 4 is 35.0 Å². The molecular formula is C26H19N3O6S. The molecule has 0 bridgehead atoms. The van der Waals surface area contributed by atoms with E-state index in [9.17, 15) is 24.9 Å². The Morgan fingerprint density at radius 3 is 2.28 bits per heavy atom. The second-order valence-corrected chi connectivity index (χ2v) is 8.48. The van der Waals surface area contributed by atoms with Gasteiger partial charge in [-0.2, -0.15) is 0 Å². The standard InChI is InChI=1S/C26H19N3O6S/c30-19-7-2-1-6-18(19)29-23(22(28-26(29)36)17-5-3-4-10-27-17)21-9-8-20(35-21)14-11-15(24(31)32)13-16(12-14)25(33)34/h1-13,22-23,30H,(H,28,36)(H,31,32)(H,33,34)/t22-,23+/m0/s1. The highest BCUT2D eigenvalue weighted by Crippen LogP contribution is 2.45. The molecule has 3 heterocycles. The van der Waals surface area contributed by atoms with Crippen molar-refractivity contribution in [1.82, 2.24) is 10.3 Å². The van der Waals surface area contributed by atoms with E-state index in [0.29, 0.717) is 27.8 Å². The predicted octanol–water partition coefficient (Wildman–Crippen LogP) is 4.62. The summed E-state index contributed by atoms with van der Waals surface area (Å²) in [6, 6.07) is 18.4. The van der Waals surface area contributed by atoms with Crippen LogP contribution in [0.1, 0.15) is 44.3 Å². The van der Waals surface area contributed by atoms with E-state index in [1.54, 1.807) is 53.6 Å². The molecule has 4 N–H and O–H groups in total. The molecule has 0 saturated carbocycles. The Bertz CT molecular complexity index is 1450. The first-order valence-electron chi connectivity index (χ1n) is 10.8. The summed E-state index contributed by atoms with van der Waals surface area (Å²) in [6.07, 6.45) is 1.66. The van der Waals surface area contributed by atoms with E-state index in [2.05, 4.69) is 10.3 Å². The number of pyridine rings is 1. The molecular weight excluding hydrogens is 482 g/mol. The van der Waals surface area contributed by atoms with E-state index in [0.717, 1.165) is 6.07 Å². The maximum Gasteiger partial charge on any atom is 0.335 e. The second kappa shape index (κ2) is 9.16. The lowest BCUT2D eigenvalue weighted by Gasteiger charge is -2.26. The van der Waals surface area contributed by atoms with Crippen LogP contribution in [0, 0.1) is 0 Å². The second-order valence-electron chi connectivity index (χ2n) is 8.10. The van der Waals surface area contributed by atoms with Crippen LogP contribution in [0.15, 0.2) is 83.4 Å². The van der Waals surface area contributed by atoms with Crippen molar-refractivity contribution in [3.05, 3.63) is 102 Å². The number of carboxylic acid groups (broad SMARTS) is 2. The van der Waals surface area contributed by atoms with Crippen molar-refractivity contribution < 1.29 is 29.3 Å². The topological polar surface area (TPSA) is 136 Å². The summed E-state index contributed by atoms with van der Waals surface area (Å²) in [5.74, 6) is -1.74. The first-order valence-corrected chi connectivity index (χ1v) is 11.2. The molecule has 0 spiro atoms. The van der Waals surface area contributed by atoms with Crippen LogP contribution in [0.4, 0.5) is 5.69 Å². The smallest absolute Gasteiger partial charge is 0.335 e. The van der Waals surface area contributed by atoms with E-state index in [1.165, 1.54) is 12.1 Å². The molecule has 0 radical (unpaired) electrons. The Hall–Kier alpha value is -4.70. The van der Waals surface area contributed by atoms with Crippen molar-refractivity contribution in [3.8, 4) is 17.1 Å². The molecule has 2 aromatic carbocycles. The van der Waals surface area contributed by atoms with Gasteiger partial charge in [0, 0.05) is 11.8 Å². The number of para-hydroxylation sites is 2. The number of furan rings is 1. The Kier molecular flexibility index (Phi) is 5.87. The fourth-order valence-corrected chi connectivity index (χ4v) is 4.59. The molecule has 1 fully saturated rings. The minimum Gasteiger partial charge on any atom is -0.506 e. The summed E-state index contributed by atoms with van der Waals surface area (Å²) in [6.45, 7) is 0. The van der Waals surface area contributed by atoms with E-state index < -0.39 is 24.0 Å². The van der Waals surface area contributed by atoms with Crippen LogP contribution in [0.5, 0.6) is 5.75 Å². The van der Waals surface area contributed by atoms with Gasteiger partial charge < -0.3 is 30.0 Å². The number of anilines is 1. The number of carbonyl (C=O) groups is 2. The van der Waals surface area contributed by atoms with Crippen molar-refractivity contribution in [3.63, 3.8) is 0 Å². The number of rotatable bonds is 6. The molecule has 180 valence electrons. The first kappa shape index (κ1) is 23.1. The van der Waals surface area contributed by atoms with Crippen molar-refractivity contribution in [1.29, 1.82) is 0 Å². The summed E-state index contributed by atoms with van der Waals surface area (Å²) >= 11 is 5.63. The van der Waals surface area contributed by atoms with Gasteiger partial charge in [0.15, 0.2) is 5.11 Å². The van der Waals surface area contributed by atoms with Gasteiger partial charge in [0.2, 0.25) is 0 Å². The average Bonchev–Trinajstić information content (AvgIpc) is 3.49. The third-order valence-corrected chi connectivity index (χ3v) is 6.18. The number of phenolic OH excluding ortho intramolecular Hbond substituents is 1. The maximum atomic E-state index is 11.6. The number of hydrogen-bond acceptors (Lipinski definition) is 6. The van der Waals surface area contributed by atoms with Crippen molar-refractivity contribution in [2.75, 3.05) is 4.90 Å². The number of aromatic hydroxyl groups is 1. The van der Waals surface area contributed by atoms with Gasteiger partial charge in [0.25, 0.3) is 0 Å². The minimum absolute atomic E-state index is 0.0281. The van der Waals surface area contributed by atoms with Crippen LogP contribution in [0.25, 0.3) is 11.3 Å². The third-order valence-electron chi connectivity index (χ3n) is 5.87. The van der Waals surface area contributed by atoms with E-state index in [1.807, 2.05) is 12.1 Å². The Morgan fingerprint density at radius 1 is 0.944 bits per heavy atom. The van der Waals surface area contributed by atoms with Crippen LogP contribution in [-0.2, 0) is 0 Å². The SMILES string of the molecule is O=C(O)c1cc(C(=O)O)cc(-c2ccc([C@@H]3[C@H](c4ccccn4)NC(=S)N3c3ccccc3O)o2)c1. The lowest BCUT2D eigenvalue weighted by Crippen LogP contribution is -2.29. The van der Waals surface area contributed by atoms with Gasteiger partial charge in [0.1, 0.15) is 23.3 Å². The number of benzene rings is 2. The van der Waals surface area contributed by atoms with Crippen LogP contribution in [-0.4, -0.2) is 37.4 Å². The van der Waals surface area contributed by atoms with Gasteiger partial charge >= 0.3 is 11.9 Å². The van der Waals surface area contributed by atoms with Crippen LogP contribution in [0.2, 0.25) is 0 Å². The van der Waals surface area contributed by atoms with E-state index in [4.69, 9.17) is 16.6 Å². The summed E-state index contributed by atoms with van der Waals surface area (Å²) < 4.78 is 6.18. The zero-order chi connectivity index (χ0) is 25.4. The minimum atomic E-state index is -1.25. The molecule has 0 unspecified atom stereocenters. The van der Waals surface area contributed by atoms with E-state index in [-0.39, 0.29) is 22.6 Å². The molecule has 1 aliphatic rings. The third kappa shape index (κ3) is 4.14. The normalized spacial score (nSPS) is 17.1. The summed E-state index contributed by atoms with van der Waals surface area (Å²) in [4.78, 5) is 29.3. The highest BCUT2D eigenvalue weighted by Gasteiger charge is 2.43. The number of nitrogens with zero attached hydrogens (tertiary/aromatic N) is 2. The van der Waals surface area contributed by atoms with Gasteiger partial charge in [-0.15, -0.1) is 0 Å². The molecule has 2 aromatic heterocycles. The van der Waals surface area contributed by atoms with Crippen LogP contribution >= 0.6 is 12.2 Å². The van der Waals surface area contributed by atoms with Crippen LogP contribution < -0.4 is 10.2 Å². The zero-order valence-electron chi connectivity index (χ0n) is 18.5. The molecule has 10 heteroatoms. The monoisotopic (exact) mass is 501 g/mol. The molecule has 1 saturated heterocycles. The van der Waals surface area contributed by atoms with Gasteiger partial charge in [-0.05, 0) is 66.8 Å². The lowest BCUT2D eigenvalue weighted by molar-refractivity contribution is 0.0696. The predicted molar refractivity (Wildman–Crippen MR) is 134 cm³/mol. The number of carboxylic acids is 2. The average molecular weight is 502 g/mol. The summed E-state index contributed by atoms with van der Waals surface area (Å²) in [5, 5.41) is 33.1. The summed E-state index contributed by atoms with van der Waals surface area (Å²) in [5.41, 5.74) is 1.12. The first-order chi connectivity index (χ1) is 17.3.